The van der Waals surface area contributed by atoms with Gasteiger partial charge >= 0.3 is 5.97 Å². The fourth-order valence-corrected chi connectivity index (χ4v) is 3.17. The van der Waals surface area contributed by atoms with E-state index in [0.29, 0.717) is 6.54 Å². The molecule has 1 heterocycles. The monoisotopic (exact) mass is 349 g/mol. The molecule has 0 radical (unpaired) electrons. The van der Waals surface area contributed by atoms with Crippen LogP contribution in [0.5, 0.6) is 0 Å². The molecule has 0 bridgehead atoms. The van der Waals surface area contributed by atoms with Crippen LogP contribution in [-0.4, -0.2) is 42.4 Å². The van der Waals surface area contributed by atoms with Crippen molar-refractivity contribution >= 4 is 33.6 Å². The molecule has 0 unspecified atom stereocenters. The predicted molar refractivity (Wildman–Crippen MR) is 105 cm³/mol. The van der Waals surface area contributed by atoms with E-state index < -0.39 is 0 Å². The zero-order valence-corrected chi connectivity index (χ0v) is 15.2. The molecule has 3 rings (SSSR count). The number of rotatable bonds is 6. The Morgan fingerprint density at radius 3 is 2.23 bits per heavy atom. The number of carbonyl (C=O) groups is 1. The van der Waals surface area contributed by atoms with Gasteiger partial charge < -0.3 is 9.64 Å². The molecule has 5 heteroatoms. The molecule has 134 valence electrons. The van der Waals surface area contributed by atoms with Crippen LogP contribution in [0.4, 0.5) is 0 Å². The van der Waals surface area contributed by atoms with Crippen molar-refractivity contribution in [2.45, 2.75) is 19.3 Å². The average molecular weight is 349 g/mol. The fourth-order valence-electron chi connectivity index (χ4n) is 3.17. The van der Waals surface area contributed by atoms with Crippen LogP contribution >= 0.6 is 0 Å². The Bertz CT molecular complexity index is 898. The minimum atomic E-state index is -0.382. The van der Waals surface area contributed by atoms with E-state index in [1.165, 1.54) is 23.4 Å². The number of carbonyl (C=O) groups excluding carboxylic acids is 1. The van der Waals surface area contributed by atoms with Crippen molar-refractivity contribution in [3.63, 3.8) is 0 Å². The highest BCUT2D eigenvalue weighted by molar-refractivity contribution is 5.97. The number of pyridine rings is 1. The first-order valence-electron chi connectivity index (χ1n) is 8.72. The van der Waals surface area contributed by atoms with E-state index in [2.05, 4.69) is 16.9 Å². The first kappa shape index (κ1) is 17.9. The van der Waals surface area contributed by atoms with Gasteiger partial charge in [-0.15, -0.1) is 0 Å². The van der Waals surface area contributed by atoms with Gasteiger partial charge in [0.05, 0.1) is 18.1 Å². The van der Waals surface area contributed by atoms with E-state index in [4.69, 9.17) is 10.4 Å². The molecule has 0 atom stereocenters. The van der Waals surface area contributed by atoms with E-state index in [1.54, 1.807) is 0 Å². The number of methoxy groups -OCH3 is 1. The summed E-state index contributed by atoms with van der Waals surface area (Å²) in [5.74, 6) is -0.103. The lowest BCUT2D eigenvalue weighted by Gasteiger charge is -2.19. The first-order valence-corrected chi connectivity index (χ1v) is 8.72. The summed E-state index contributed by atoms with van der Waals surface area (Å²) in [5.41, 5.74) is 3.31. The van der Waals surface area contributed by atoms with Gasteiger partial charge in [-0.1, -0.05) is 36.4 Å². The van der Waals surface area contributed by atoms with E-state index >= 15 is 0 Å². The molecular formula is C21H23N3O2. The van der Waals surface area contributed by atoms with Gasteiger partial charge in [0.1, 0.15) is 12.3 Å². The Kier molecular flexibility index (Phi) is 5.46. The van der Waals surface area contributed by atoms with Gasteiger partial charge in [-0.25, -0.2) is 4.98 Å². The highest BCUT2D eigenvalue weighted by Gasteiger charge is 2.12. The van der Waals surface area contributed by atoms with Gasteiger partial charge in [0.25, 0.3) is 0 Å². The third kappa shape index (κ3) is 3.82. The van der Waals surface area contributed by atoms with Crippen LogP contribution in [0.25, 0.3) is 21.8 Å². The molecule has 5 nitrogen and oxygen atoms in total. The fraction of sp³-hybridized carbons (Fsp3) is 0.286. The summed E-state index contributed by atoms with van der Waals surface area (Å²) in [6.07, 6.45) is 1.78. The number of aromatic nitrogens is 1. The minimum absolute atomic E-state index is 0.00805. The summed E-state index contributed by atoms with van der Waals surface area (Å²) in [4.78, 5) is 17.9. The van der Waals surface area contributed by atoms with Crippen molar-refractivity contribution < 1.29 is 9.53 Å². The lowest BCUT2D eigenvalue weighted by Crippen LogP contribution is -2.29. The smallest absolute Gasteiger partial charge is 0.313 e. The third-order valence-corrected chi connectivity index (χ3v) is 4.62. The second kappa shape index (κ2) is 7.95. The summed E-state index contributed by atoms with van der Waals surface area (Å²) in [6.45, 7) is 0.709. The molecule has 0 saturated heterocycles. The molecule has 0 saturated carbocycles. The number of hydrogen-bond acceptors (Lipinski definition) is 4. The van der Waals surface area contributed by atoms with E-state index in [1.807, 2.05) is 48.3 Å². The zero-order valence-electron chi connectivity index (χ0n) is 15.2. The first-order chi connectivity index (χ1) is 12.6. The van der Waals surface area contributed by atoms with E-state index in [-0.39, 0.29) is 18.2 Å². The molecule has 1 aromatic heterocycles. The summed E-state index contributed by atoms with van der Waals surface area (Å²) >= 11 is 0. The molecule has 1 N–H and O–H groups in total. The number of nitrogens with one attached hydrogen (secondary N) is 1. The largest absolute Gasteiger partial charge is 0.469 e. The number of nitrogens with zero attached hydrogens (tertiary/aromatic N) is 2. The molecule has 0 aliphatic carbocycles. The molecule has 2 aromatic carbocycles. The number of aryl methyl sites for hydroxylation is 1. The molecular weight excluding hydrogens is 326 g/mol. The highest BCUT2D eigenvalue weighted by Crippen LogP contribution is 2.27. The molecule has 0 spiro atoms. The van der Waals surface area contributed by atoms with Crippen molar-refractivity contribution in [3.05, 3.63) is 54.1 Å². The zero-order chi connectivity index (χ0) is 18.5. The van der Waals surface area contributed by atoms with Crippen LogP contribution in [0.1, 0.15) is 18.4 Å². The molecule has 0 aliphatic heterocycles. The van der Waals surface area contributed by atoms with Crippen molar-refractivity contribution in [3.8, 4) is 0 Å². The summed E-state index contributed by atoms with van der Waals surface area (Å²) in [6, 6.07) is 16.4. The van der Waals surface area contributed by atoms with Crippen molar-refractivity contribution in [1.29, 1.82) is 5.41 Å². The third-order valence-electron chi connectivity index (χ3n) is 4.62. The Morgan fingerprint density at radius 2 is 1.65 bits per heavy atom. The molecule has 0 amide bonds. The van der Waals surface area contributed by atoms with Gasteiger partial charge in [-0.3, -0.25) is 10.2 Å². The number of fused-ring (bicyclic) bond motifs is 2. The SMILES string of the molecule is COC(=O)CC(=N)N(C)CCCc1c2ccccc2nc2ccccc12. The second-order valence-corrected chi connectivity index (χ2v) is 6.35. The summed E-state index contributed by atoms with van der Waals surface area (Å²) in [7, 11) is 3.18. The van der Waals surface area contributed by atoms with Crippen molar-refractivity contribution in [1.82, 2.24) is 9.88 Å². The Morgan fingerprint density at radius 1 is 1.08 bits per heavy atom. The van der Waals surface area contributed by atoms with Crippen LogP contribution < -0.4 is 0 Å². The van der Waals surface area contributed by atoms with Gasteiger partial charge in [0.15, 0.2) is 0 Å². The average Bonchev–Trinajstić information content (AvgIpc) is 2.67. The predicted octanol–water partition coefficient (Wildman–Crippen LogP) is 3.79. The minimum Gasteiger partial charge on any atom is -0.469 e. The normalized spacial score (nSPS) is 10.8. The van der Waals surface area contributed by atoms with Gasteiger partial charge in [0.2, 0.25) is 0 Å². The molecule has 0 fully saturated rings. The van der Waals surface area contributed by atoms with Gasteiger partial charge in [0, 0.05) is 24.4 Å². The van der Waals surface area contributed by atoms with Crippen LogP contribution in [0.3, 0.4) is 0 Å². The molecule has 0 aliphatic rings. The summed E-state index contributed by atoms with van der Waals surface area (Å²) in [5, 5.41) is 10.3. The van der Waals surface area contributed by atoms with Crippen LogP contribution in [0.15, 0.2) is 48.5 Å². The van der Waals surface area contributed by atoms with Crippen LogP contribution in [0, 0.1) is 5.41 Å². The Balaban J connectivity index is 1.78. The number of esters is 1. The quantitative estimate of drug-likeness (QED) is 0.318. The number of benzene rings is 2. The second-order valence-electron chi connectivity index (χ2n) is 6.35. The van der Waals surface area contributed by atoms with Crippen LogP contribution in [0.2, 0.25) is 0 Å². The highest BCUT2D eigenvalue weighted by atomic mass is 16.5. The van der Waals surface area contributed by atoms with Crippen molar-refractivity contribution in [2.24, 2.45) is 0 Å². The summed E-state index contributed by atoms with van der Waals surface area (Å²) < 4.78 is 4.63. The van der Waals surface area contributed by atoms with E-state index in [9.17, 15) is 4.79 Å². The maximum absolute atomic E-state index is 11.3. The lowest BCUT2D eigenvalue weighted by atomic mass is 9.98. The topological polar surface area (TPSA) is 66.3 Å². The number of hydrogen-bond donors (Lipinski definition) is 1. The van der Waals surface area contributed by atoms with Gasteiger partial charge in [-0.05, 0) is 30.5 Å². The van der Waals surface area contributed by atoms with E-state index in [0.717, 1.165) is 23.9 Å². The number of ether oxygens (including phenoxy) is 1. The molecule has 26 heavy (non-hydrogen) atoms. The van der Waals surface area contributed by atoms with Crippen molar-refractivity contribution in [2.75, 3.05) is 20.7 Å². The van der Waals surface area contributed by atoms with Gasteiger partial charge in [-0.2, -0.15) is 0 Å². The standard InChI is InChI=1S/C21H23N3O2/c1-24(20(22)14-21(25)26-2)13-7-10-15-16-8-3-5-11-18(16)23-19-12-6-4-9-17(15)19/h3-6,8-9,11-12,22H,7,10,13-14H2,1-2H3. The van der Waals surface area contributed by atoms with Crippen LogP contribution in [-0.2, 0) is 16.0 Å². The Labute approximate surface area is 153 Å². The number of amidine groups is 1. The number of para-hydroxylation sites is 2. The lowest BCUT2D eigenvalue weighted by molar-refractivity contribution is -0.139. The maximum Gasteiger partial charge on any atom is 0.313 e. The molecule has 3 aromatic rings. The Hall–Kier alpha value is -2.95. The maximum atomic E-state index is 11.3.